The van der Waals surface area contributed by atoms with Crippen LogP contribution in [0.4, 0.5) is 15.5 Å². The minimum Gasteiger partial charge on any atom is -0.365 e. The first-order valence-corrected chi connectivity index (χ1v) is 12.2. The van der Waals surface area contributed by atoms with Gasteiger partial charge < -0.3 is 20.9 Å². The van der Waals surface area contributed by atoms with Gasteiger partial charge in [0.25, 0.3) is 5.91 Å². The lowest BCUT2D eigenvalue weighted by Gasteiger charge is -2.37. The van der Waals surface area contributed by atoms with Crippen LogP contribution < -0.4 is 21.7 Å². The molecule has 0 radical (unpaired) electrons. The summed E-state index contributed by atoms with van der Waals surface area (Å²) in [6, 6.07) is 6.44. The second kappa shape index (κ2) is 10.5. The zero-order valence-electron chi connectivity index (χ0n) is 19.2. The van der Waals surface area contributed by atoms with Gasteiger partial charge in [0.05, 0.1) is 30.6 Å². The van der Waals surface area contributed by atoms with Gasteiger partial charge >= 0.3 is 6.03 Å². The molecule has 0 saturated carbocycles. The molecule has 1 aliphatic rings. The zero-order valence-corrected chi connectivity index (χ0v) is 20.7. The van der Waals surface area contributed by atoms with E-state index in [1.54, 1.807) is 24.3 Å². The second-order valence-corrected chi connectivity index (χ2v) is 10.5. The summed E-state index contributed by atoms with van der Waals surface area (Å²) in [5, 5.41) is 9.48. The molecule has 2 aromatic rings. The Morgan fingerprint density at radius 1 is 1.18 bits per heavy atom. The van der Waals surface area contributed by atoms with Gasteiger partial charge in [-0.2, -0.15) is 0 Å². The fraction of sp³-hybridized carbons (Fsp3) is 0.435. The van der Waals surface area contributed by atoms with Crippen LogP contribution in [0.15, 0.2) is 24.3 Å². The van der Waals surface area contributed by atoms with Crippen LogP contribution >= 0.6 is 22.9 Å². The molecule has 4 amide bonds. The van der Waals surface area contributed by atoms with Crippen molar-refractivity contribution in [3.05, 3.63) is 45.3 Å². The van der Waals surface area contributed by atoms with Crippen molar-refractivity contribution in [1.29, 1.82) is 0 Å². The third kappa shape index (κ3) is 6.69. The number of nitrogens with zero attached hydrogens (tertiary/aromatic N) is 1. The van der Waals surface area contributed by atoms with Crippen molar-refractivity contribution in [3.8, 4) is 0 Å². The number of carbonyl (C=O) groups excluding carboxylic acids is 3. The number of nitrogens with two attached hydrogens (primary N) is 1. The first-order valence-electron chi connectivity index (χ1n) is 11.0. The number of primary amides is 1. The van der Waals surface area contributed by atoms with Crippen molar-refractivity contribution in [2.45, 2.75) is 45.7 Å². The van der Waals surface area contributed by atoms with Crippen LogP contribution in [-0.4, -0.2) is 48.5 Å². The van der Waals surface area contributed by atoms with E-state index in [1.807, 2.05) is 13.8 Å². The number of urea groups is 1. The first-order chi connectivity index (χ1) is 15.6. The number of anilines is 2. The number of rotatable bonds is 8. The molecule has 0 bridgehead atoms. The SMILES string of the molecule is CC(C)NC(=O)CCC[N+]1(C)CCc2c(sc(NC(=O)Nc3ccc(Cl)cc3)c2C(N)=O)C1. The molecule has 3 rings (SSSR count). The molecule has 33 heavy (non-hydrogen) atoms. The predicted octanol–water partition coefficient (Wildman–Crippen LogP) is 3.95. The van der Waals surface area contributed by atoms with Crippen LogP contribution in [0, 0.1) is 0 Å². The summed E-state index contributed by atoms with van der Waals surface area (Å²) in [5.41, 5.74) is 7.58. The lowest BCUT2D eigenvalue weighted by molar-refractivity contribution is -0.924. The van der Waals surface area contributed by atoms with Crippen molar-refractivity contribution in [1.82, 2.24) is 5.32 Å². The number of benzene rings is 1. The van der Waals surface area contributed by atoms with Crippen LogP contribution in [-0.2, 0) is 17.8 Å². The molecule has 1 unspecified atom stereocenters. The number of hydrogen-bond donors (Lipinski definition) is 4. The fourth-order valence-electron chi connectivity index (χ4n) is 4.07. The van der Waals surface area contributed by atoms with Crippen molar-refractivity contribution in [3.63, 3.8) is 0 Å². The highest BCUT2D eigenvalue weighted by atomic mass is 35.5. The van der Waals surface area contributed by atoms with E-state index in [1.165, 1.54) is 11.3 Å². The number of likely N-dealkylation sites (N-methyl/N-ethyl adjacent to an activating group) is 1. The molecular weight excluding hydrogens is 462 g/mol. The topological polar surface area (TPSA) is 113 Å². The molecule has 10 heteroatoms. The van der Waals surface area contributed by atoms with Gasteiger partial charge in [-0.15, -0.1) is 11.3 Å². The van der Waals surface area contributed by atoms with Crippen molar-refractivity contribution in [2.24, 2.45) is 5.73 Å². The molecule has 1 aromatic carbocycles. The Balaban J connectivity index is 1.68. The van der Waals surface area contributed by atoms with E-state index in [4.69, 9.17) is 17.3 Å². The Morgan fingerprint density at radius 3 is 2.52 bits per heavy atom. The third-order valence-corrected chi connectivity index (χ3v) is 7.03. The largest absolute Gasteiger partial charge is 0.365 e. The highest BCUT2D eigenvalue weighted by Crippen LogP contribution is 2.38. The van der Waals surface area contributed by atoms with E-state index in [-0.39, 0.29) is 11.9 Å². The number of thiophene rings is 1. The molecule has 5 N–H and O–H groups in total. The number of hydrogen-bond acceptors (Lipinski definition) is 4. The van der Waals surface area contributed by atoms with Crippen molar-refractivity contribution >= 4 is 51.5 Å². The summed E-state index contributed by atoms with van der Waals surface area (Å²) in [7, 11) is 2.16. The third-order valence-electron chi connectivity index (χ3n) is 5.64. The van der Waals surface area contributed by atoms with E-state index < -0.39 is 11.9 Å². The molecule has 1 aromatic heterocycles. The zero-order chi connectivity index (χ0) is 24.2. The summed E-state index contributed by atoms with van der Waals surface area (Å²) < 4.78 is 0.775. The molecule has 0 fully saturated rings. The van der Waals surface area contributed by atoms with Gasteiger partial charge in [-0.05, 0) is 43.7 Å². The van der Waals surface area contributed by atoms with Gasteiger partial charge in [-0.1, -0.05) is 11.6 Å². The highest BCUT2D eigenvalue weighted by molar-refractivity contribution is 7.17. The highest BCUT2D eigenvalue weighted by Gasteiger charge is 2.34. The molecule has 2 heterocycles. The maximum Gasteiger partial charge on any atom is 0.324 e. The van der Waals surface area contributed by atoms with Gasteiger partial charge in [-0.25, -0.2) is 4.79 Å². The molecule has 0 saturated heterocycles. The second-order valence-electron chi connectivity index (χ2n) is 8.96. The van der Waals surface area contributed by atoms with Crippen molar-refractivity contribution < 1.29 is 18.9 Å². The summed E-state index contributed by atoms with van der Waals surface area (Å²) in [5.74, 6) is -0.477. The first kappa shape index (κ1) is 25.0. The van der Waals surface area contributed by atoms with Crippen LogP contribution in [0.1, 0.15) is 47.5 Å². The van der Waals surface area contributed by atoms with E-state index in [2.05, 4.69) is 23.0 Å². The van der Waals surface area contributed by atoms with Gasteiger partial charge in [0.2, 0.25) is 5.91 Å². The summed E-state index contributed by atoms with van der Waals surface area (Å²) in [4.78, 5) is 37.7. The number of nitrogens with one attached hydrogen (secondary N) is 3. The van der Waals surface area contributed by atoms with Crippen LogP contribution in [0.25, 0.3) is 0 Å². The minimum absolute atomic E-state index is 0.0691. The average molecular weight is 493 g/mol. The van der Waals surface area contributed by atoms with E-state index in [9.17, 15) is 14.4 Å². The smallest absolute Gasteiger partial charge is 0.324 e. The number of carbonyl (C=O) groups is 3. The van der Waals surface area contributed by atoms with Gasteiger partial charge in [0, 0.05) is 36.0 Å². The number of fused-ring (bicyclic) bond motifs is 1. The lowest BCUT2D eigenvalue weighted by atomic mass is 10.0. The Bertz CT molecular complexity index is 1040. The van der Waals surface area contributed by atoms with Crippen LogP contribution in [0.5, 0.6) is 0 Å². The Kier molecular flexibility index (Phi) is 7.99. The quantitative estimate of drug-likeness (QED) is 0.418. The molecule has 8 nitrogen and oxygen atoms in total. The minimum atomic E-state index is -0.546. The number of quaternary nitrogens is 1. The molecule has 178 valence electrons. The van der Waals surface area contributed by atoms with Gasteiger partial charge in [0.15, 0.2) is 0 Å². The fourth-order valence-corrected chi connectivity index (χ4v) is 5.61. The standard InChI is InChI=1S/C23H30ClN5O3S/c1-14(2)26-19(30)5-4-11-29(3)12-10-17-18(13-29)33-22(20(17)21(25)31)28-23(32)27-16-8-6-15(24)7-9-16/h6-9,14H,4-5,10-13H2,1-3H3,(H4-,25,26,27,28,30,31,32)/p+1. The van der Waals surface area contributed by atoms with Crippen LogP contribution in [0.3, 0.4) is 0 Å². The lowest BCUT2D eigenvalue weighted by Crippen LogP contribution is -2.48. The molecule has 1 aliphatic heterocycles. The number of amides is 4. The molecule has 0 aliphatic carbocycles. The Hall–Kier alpha value is -2.62. The Labute approximate surface area is 203 Å². The number of halogens is 1. The van der Waals surface area contributed by atoms with E-state index >= 15 is 0 Å². The maximum absolute atomic E-state index is 12.5. The molecule has 0 spiro atoms. The van der Waals surface area contributed by atoms with E-state index in [0.717, 1.165) is 41.0 Å². The van der Waals surface area contributed by atoms with E-state index in [0.29, 0.717) is 34.1 Å². The average Bonchev–Trinajstić information content (AvgIpc) is 3.05. The molecular formula is C23H31ClN5O3S+. The van der Waals surface area contributed by atoms with Gasteiger partial charge in [0.1, 0.15) is 11.5 Å². The predicted molar refractivity (Wildman–Crippen MR) is 133 cm³/mol. The molecule has 1 atom stereocenters. The van der Waals surface area contributed by atoms with Crippen LogP contribution in [0.2, 0.25) is 5.02 Å². The summed E-state index contributed by atoms with van der Waals surface area (Å²) >= 11 is 7.28. The Morgan fingerprint density at radius 2 is 1.88 bits per heavy atom. The van der Waals surface area contributed by atoms with Gasteiger partial charge in [-0.3, -0.25) is 14.9 Å². The monoisotopic (exact) mass is 492 g/mol. The maximum atomic E-state index is 12.5. The van der Waals surface area contributed by atoms with Crippen molar-refractivity contribution in [2.75, 3.05) is 30.8 Å². The normalized spacial score (nSPS) is 17.4. The summed E-state index contributed by atoms with van der Waals surface area (Å²) in [6.07, 6.45) is 1.97. The summed E-state index contributed by atoms with van der Waals surface area (Å²) in [6.45, 7) is 6.33.